The summed E-state index contributed by atoms with van der Waals surface area (Å²) in [6, 6.07) is 8.09. The Bertz CT molecular complexity index is 1270. The lowest BCUT2D eigenvalue weighted by Gasteiger charge is -2.26. The predicted molar refractivity (Wildman–Crippen MR) is 127 cm³/mol. The smallest absolute Gasteiger partial charge is 0.225 e. The fraction of sp³-hybridized carbons (Fsp3) is 0.520. The number of hydrogen-bond donors (Lipinski definition) is 0. The second-order valence-corrected chi connectivity index (χ2v) is 12.1. The normalized spacial score (nSPS) is 15.8. The average Bonchev–Trinajstić information content (AvgIpc) is 3.13. The predicted octanol–water partition coefficient (Wildman–Crippen LogP) is 4.67. The van der Waals surface area contributed by atoms with Crippen molar-refractivity contribution in [3.63, 3.8) is 0 Å². The summed E-state index contributed by atoms with van der Waals surface area (Å²) in [5.74, 6) is 1.55. The summed E-state index contributed by atoms with van der Waals surface area (Å²) >= 11 is 0. The van der Waals surface area contributed by atoms with Crippen LogP contribution >= 0.6 is 0 Å². The molecule has 0 spiro atoms. The third-order valence-corrected chi connectivity index (χ3v) is 7.91. The molecule has 0 bridgehead atoms. The number of carbonyl (C=O) groups excluding carboxylic acids is 1. The number of aromatic nitrogens is 4. The Balaban J connectivity index is 1.72. The first-order valence-electron chi connectivity index (χ1n) is 11.6. The fourth-order valence-corrected chi connectivity index (χ4v) is 5.77. The van der Waals surface area contributed by atoms with Crippen molar-refractivity contribution in [2.45, 2.75) is 88.1 Å². The van der Waals surface area contributed by atoms with Crippen LogP contribution < -0.4 is 0 Å². The maximum absolute atomic E-state index is 13.2. The number of benzene rings is 1. The zero-order chi connectivity index (χ0) is 23.8. The van der Waals surface area contributed by atoms with Crippen LogP contribution in [0.5, 0.6) is 0 Å². The molecule has 1 aliphatic carbocycles. The Hall–Kier alpha value is -2.61. The van der Waals surface area contributed by atoms with Gasteiger partial charge in [-0.15, -0.1) is 5.10 Å². The first kappa shape index (κ1) is 23.5. The Morgan fingerprint density at radius 1 is 1.06 bits per heavy atom. The van der Waals surface area contributed by atoms with Crippen LogP contribution in [0.4, 0.5) is 0 Å². The van der Waals surface area contributed by atoms with Crippen molar-refractivity contribution in [1.82, 2.24) is 19.7 Å². The van der Waals surface area contributed by atoms with Gasteiger partial charge in [0.1, 0.15) is 11.6 Å². The van der Waals surface area contributed by atoms with Crippen LogP contribution in [0.25, 0.3) is 11.0 Å². The number of Topliss-reactive ketones (excluding diaryl/α,β-unsaturated/α-hetero) is 1. The Morgan fingerprint density at radius 2 is 1.79 bits per heavy atom. The van der Waals surface area contributed by atoms with E-state index in [1.54, 1.807) is 12.1 Å². The highest BCUT2D eigenvalue weighted by Gasteiger charge is 2.27. The molecular weight excluding hydrogens is 436 g/mol. The monoisotopic (exact) mass is 468 g/mol. The molecule has 1 aliphatic rings. The van der Waals surface area contributed by atoms with Crippen LogP contribution in [-0.2, 0) is 33.0 Å². The van der Waals surface area contributed by atoms with Crippen molar-refractivity contribution in [2.75, 3.05) is 0 Å². The van der Waals surface area contributed by atoms with Gasteiger partial charge in [-0.1, -0.05) is 40.0 Å². The van der Waals surface area contributed by atoms with Gasteiger partial charge in [-0.2, -0.15) is 5.10 Å². The number of sulfone groups is 1. The zero-order valence-corrected chi connectivity index (χ0v) is 20.7. The molecule has 33 heavy (non-hydrogen) atoms. The number of imidazole rings is 1. The summed E-state index contributed by atoms with van der Waals surface area (Å²) in [4.78, 5) is 16.3. The molecule has 0 radical (unpaired) electrons. The van der Waals surface area contributed by atoms with Gasteiger partial charge in [-0.05, 0) is 56.0 Å². The molecular formula is C25H32N4O3S. The van der Waals surface area contributed by atoms with Gasteiger partial charge < -0.3 is 4.57 Å². The highest BCUT2D eigenvalue weighted by atomic mass is 32.2. The van der Waals surface area contributed by atoms with Crippen LogP contribution in [0.15, 0.2) is 40.3 Å². The van der Waals surface area contributed by atoms with Crippen LogP contribution in [0.3, 0.4) is 0 Å². The van der Waals surface area contributed by atoms with Gasteiger partial charge in [0.2, 0.25) is 9.84 Å². The minimum atomic E-state index is -3.85. The first-order chi connectivity index (χ1) is 15.6. The topological polar surface area (TPSA) is 94.8 Å². The summed E-state index contributed by atoms with van der Waals surface area (Å²) in [7, 11) is -3.85. The van der Waals surface area contributed by atoms with Crippen molar-refractivity contribution in [1.29, 1.82) is 0 Å². The number of hydrogen-bond acceptors (Lipinski definition) is 6. The van der Waals surface area contributed by atoms with Gasteiger partial charge in [-0.25, -0.2) is 13.4 Å². The number of ketones is 1. The molecule has 0 unspecified atom stereocenters. The van der Waals surface area contributed by atoms with E-state index in [4.69, 9.17) is 4.98 Å². The lowest BCUT2D eigenvalue weighted by molar-refractivity contribution is -0.116. The lowest BCUT2D eigenvalue weighted by Crippen LogP contribution is -2.22. The molecule has 3 aromatic rings. The van der Waals surface area contributed by atoms with Crippen LogP contribution in [0.1, 0.15) is 71.3 Å². The number of carbonyl (C=O) groups is 1. The summed E-state index contributed by atoms with van der Waals surface area (Å²) in [6.45, 7) is 8.80. The molecule has 2 heterocycles. The van der Waals surface area contributed by atoms with Crippen LogP contribution in [0.2, 0.25) is 0 Å². The second kappa shape index (κ2) is 8.97. The van der Waals surface area contributed by atoms with E-state index in [2.05, 4.69) is 35.5 Å². The number of nitrogens with zero attached hydrogens (tertiary/aromatic N) is 4. The van der Waals surface area contributed by atoms with E-state index >= 15 is 0 Å². The summed E-state index contributed by atoms with van der Waals surface area (Å²) < 4.78 is 28.7. The molecule has 0 amide bonds. The average molecular weight is 469 g/mol. The van der Waals surface area contributed by atoms with E-state index in [-0.39, 0.29) is 27.5 Å². The Labute approximate surface area is 195 Å². The van der Waals surface area contributed by atoms with E-state index in [1.807, 2.05) is 6.07 Å². The largest absolute Gasteiger partial charge is 0.327 e. The quantitative estimate of drug-likeness (QED) is 0.522. The Kier molecular flexibility index (Phi) is 6.40. The van der Waals surface area contributed by atoms with Gasteiger partial charge in [0.15, 0.2) is 5.03 Å². The molecule has 8 heteroatoms. The SMILES string of the molecule is CC(=O)Cc1ccc(S(=O)(=O)c2ccc3c(c2)nc(C(C)(C)C)n3CC2CCCCC2)nn1. The van der Waals surface area contributed by atoms with Gasteiger partial charge in [-0.3, -0.25) is 4.79 Å². The van der Waals surface area contributed by atoms with Gasteiger partial charge in [0, 0.05) is 12.0 Å². The highest BCUT2D eigenvalue weighted by molar-refractivity contribution is 7.91. The maximum Gasteiger partial charge on any atom is 0.225 e. The molecule has 0 aliphatic heterocycles. The third kappa shape index (κ3) is 5.00. The number of rotatable bonds is 6. The van der Waals surface area contributed by atoms with Gasteiger partial charge in [0.25, 0.3) is 0 Å². The lowest BCUT2D eigenvalue weighted by atomic mass is 9.88. The first-order valence-corrected chi connectivity index (χ1v) is 13.1. The van der Waals surface area contributed by atoms with Crippen molar-refractivity contribution in [3.05, 3.63) is 41.9 Å². The standard InChI is InChI=1S/C25H32N4O3S/c1-17(30)14-19-10-13-23(28-27-19)33(31,32)20-11-12-22-21(15-20)26-24(25(2,3)4)29(22)16-18-8-6-5-7-9-18/h10-13,15,18H,5-9,14,16H2,1-4H3. The minimum absolute atomic E-state index is 0.0520. The zero-order valence-electron chi connectivity index (χ0n) is 19.8. The van der Waals surface area contributed by atoms with Crippen molar-refractivity contribution in [3.8, 4) is 0 Å². The molecule has 2 aromatic heterocycles. The second-order valence-electron chi connectivity index (χ2n) is 10.2. The van der Waals surface area contributed by atoms with Crippen molar-refractivity contribution in [2.24, 2.45) is 5.92 Å². The fourth-order valence-electron chi connectivity index (χ4n) is 4.62. The highest BCUT2D eigenvalue weighted by Crippen LogP contribution is 2.32. The molecule has 0 saturated heterocycles. The van der Waals surface area contributed by atoms with Crippen molar-refractivity contribution < 1.29 is 13.2 Å². The van der Waals surface area contributed by atoms with E-state index in [0.717, 1.165) is 17.9 Å². The summed E-state index contributed by atoms with van der Waals surface area (Å²) in [5, 5.41) is 7.67. The summed E-state index contributed by atoms with van der Waals surface area (Å²) in [6.07, 6.45) is 6.45. The van der Waals surface area contributed by atoms with Crippen LogP contribution in [0, 0.1) is 5.92 Å². The molecule has 1 aromatic carbocycles. The van der Waals surface area contributed by atoms with Gasteiger partial charge >= 0.3 is 0 Å². The van der Waals surface area contributed by atoms with E-state index in [0.29, 0.717) is 17.1 Å². The van der Waals surface area contributed by atoms with Gasteiger partial charge in [0.05, 0.1) is 28.0 Å². The third-order valence-electron chi connectivity index (χ3n) is 6.27. The molecule has 7 nitrogen and oxygen atoms in total. The van der Waals surface area contributed by atoms with E-state index in [9.17, 15) is 13.2 Å². The molecule has 1 fully saturated rings. The molecule has 1 saturated carbocycles. The molecule has 176 valence electrons. The maximum atomic E-state index is 13.2. The molecule has 0 atom stereocenters. The van der Waals surface area contributed by atoms with E-state index in [1.165, 1.54) is 51.2 Å². The van der Waals surface area contributed by atoms with Crippen molar-refractivity contribution >= 4 is 26.7 Å². The summed E-state index contributed by atoms with van der Waals surface area (Å²) in [5.41, 5.74) is 1.93. The number of fused-ring (bicyclic) bond motifs is 1. The van der Waals surface area contributed by atoms with E-state index < -0.39 is 9.84 Å². The molecule has 4 rings (SSSR count). The molecule has 0 N–H and O–H groups in total. The Morgan fingerprint density at radius 3 is 2.39 bits per heavy atom. The minimum Gasteiger partial charge on any atom is -0.327 e. The van der Waals surface area contributed by atoms with Crippen LogP contribution in [-0.4, -0.2) is 33.9 Å².